The van der Waals surface area contributed by atoms with Crippen LogP contribution >= 0.6 is 9.24 Å². The third-order valence-electron chi connectivity index (χ3n) is 7.12. The smallest absolute Gasteiger partial charge is 0.410 e. The SMILES string of the molecule is O=C(OCc1ccccc1)N1CCC(CCO)CC1.O=CCC1CCN(C(=O)OCc2ccccc2)CC1.[2H]CP. The summed E-state index contributed by atoms with van der Waals surface area (Å²) in [7, 11) is 2.25. The lowest BCUT2D eigenvalue weighted by Gasteiger charge is -2.31. The molecule has 2 amide bonds. The number of rotatable bonds is 8. The maximum absolute atomic E-state index is 11.9. The molecule has 1 N–H and O–H groups in total. The predicted molar refractivity (Wildman–Crippen MR) is 160 cm³/mol. The lowest BCUT2D eigenvalue weighted by atomic mass is 9.94. The van der Waals surface area contributed by atoms with Crippen LogP contribution in [-0.4, -0.2) is 72.8 Å². The zero-order valence-electron chi connectivity index (χ0n) is 24.4. The van der Waals surface area contributed by atoms with E-state index < -0.39 is 0 Å². The van der Waals surface area contributed by atoms with E-state index in [2.05, 4.69) is 9.24 Å². The van der Waals surface area contributed by atoms with Crippen molar-refractivity contribution in [2.45, 2.75) is 51.7 Å². The van der Waals surface area contributed by atoms with Gasteiger partial charge in [-0.05, 0) is 55.1 Å². The summed E-state index contributed by atoms with van der Waals surface area (Å²) >= 11 is 0. The van der Waals surface area contributed by atoms with Crippen LogP contribution in [0.5, 0.6) is 0 Å². The molecule has 0 bridgehead atoms. The normalized spacial score (nSPS) is 15.9. The molecule has 0 radical (unpaired) electrons. The number of ether oxygens (including phenoxy) is 2. The molecule has 0 aromatic heterocycles. The van der Waals surface area contributed by atoms with Crippen LogP contribution < -0.4 is 0 Å². The Kier molecular flexibility index (Phi) is 15.8. The molecular formula is C31H45N2O6P. The molecule has 0 saturated carbocycles. The van der Waals surface area contributed by atoms with Gasteiger partial charge in [-0.1, -0.05) is 67.3 Å². The van der Waals surface area contributed by atoms with Crippen LogP contribution in [0.3, 0.4) is 0 Å². The van der Waals surface area contributed by atoms with E-state index in [0.717, 1.165) is 62.6 Å². The minimum atomic E-state index is -0.256. The fraction of sp³-hybridized carbons (Fsp3) is 0.516. The van der Waals surface area contributed by atoms with Gasteiger partial charge in [0.05, 0.1) is 0 Å². The monoisotopic (exact) mass is 573 g/mol. The van der Waals surface area contributed by atoms with Crippen molar-refractivity contribution in [2.24, 2.45) is 11.8 Å². The highest BCUT2D eigenvalue weighted by Crippen LogP contribution is 2.21. The molecule has 2 aromatic rings. The highest BCUT2D eigenvalue weighted by atomic mass is 31.0. The zero-order valence-corrected chi connectivity index (χ0v) is 24.5. The molecule has 40 heavy (non-hydrogen) atoms. The molecule has 0 spiro atoms. The minimum absolute atomic E-state index is 0.230. The number of likely N-dealkylation sites (tertiary alicyclic amines) is 2. The largest absolute Gasteiger partial charge is 0.445 e. The van der Waals surface area contributed by atoms with Crippen molar-refractivity contribution in [1.29, 1.82) is 0 Å². The Labute approximate surface area is 242 Å². The number of benzene rings is 2. The number of hydrogen-bond acceptors (Lipinski definition) is 6. The minimum Gasteiger partial charge on any atom is -0.445 e. The van der Waals surface area contributed by atoms with Crippen LogP contribution in [0.25, 0.3) is 0 Å². The molecule has 9 heteroatoms. The number of amides is 2. The van der Waals surface area contributed by atoms with Gasteiger partial charge in [-0.3, -0.25) is 0 Å². The number of aliphatic hydroxyl groups is 1. The fourth-order valence-electron chi connectivity index (χ4n) is 4.70. The second-order valence-corrected chi connectivity index (χ2v) is 9.86. The van der Waals surface area contributed by atoms with Gasteiger partial charge in [-0.15, -0.1) is 9.24 Å². The van der Waals surface area contributed by atoms with Crippen molar-refractivity contribution in [3.8, 4) is 0 Å². The molecule has 8 nitrogen and oxygen atoms in total. The first-order chi connectivity index (χ1) is 20.0. The van der Waals surface area contributed by atoms with E-state index in [1.807, 2.05) is 60.7 Å². The van der Waals surface area contributed by atoms with Gasteiger partial charge >= 0.3 is 12.2 Å². The molecule has 2 aliphatic heterocycles. The molecule has 4 rings (SSSR count). The molecule has 2 aromatic carbocycles. The summed E-state index contributed by atoms with van der Waals surface area (Å²) in [5, 5.41) is 8.90. The second-order valence-electron chi connectivity index (χ2n) is 9.86. The van der Waals surface area contributed by atoms with E-state index in [-0.39, 0.29) is 18.8 Å². The number of aliphatic hydroxyl groups excluding tert-OH is 1. The Hall–Kier alpha value is -2.96. The molecule has 2 heterocycles. The van der Waals surface area contributed by atoms with Crippen LogP contribution in [0.1, 0.15) is 51.0 Å². The Morgan fingerprint density at radius 3 is 1.62 bits per heavy atom. The zero-order chi connectivity index (χ0) is 29.7. The average molecular weight is 574 g/mol. The van der Waals surface area contributed by atoms with E-state index in [4.69, 9.17) is 16.0 Å². The molecule has 2 fully saturated rings. The Balaban J connectivity index is 0.000000262. The maximum Gasteiger partial charge on any atom is 0.410 e. The first kappa shape index (κ1) is 31.6. The van der Waals surface area contributed by atoms with E-state index in [1.165, 1.54) is 0 Å². The van der Waals surface area contributed by atoms with Gasteiger partial charge in [-0.2, -0.15) is 0 Å². The van der Waals surface area contributed by atoms with Crippen molar-refractivity contribution in [3.63, 3.8) is 0 Å². The van der Waals surface area contributed by atoms with Gasteiger partial charge in [0.1, 0.15) is 19.5 Å². The molecule has 1 atom stereocenters. The van der Waals surface area contributed by atoms with Crippen molar-refractivity contribution in [3.05, 3.63) is 71.8 Å². The summed E-state index contributed by atoms with van der Waals surface area (Å²) in [4.78, 5) is 37.7. The lowest BCUT2D eigenvalue weighted by molar-refractivity contribution is -0.108. The van der Waals surface area contributed by atoms with E-state index in [9.17, 15) is 14.4 Å². The van der Waals surface area contributed by atoms with Crippen molar-refractivity contribution in [2.75, 3.05) is 39.4 Å². The Bertz CT molecular complexity index is 985. The van der Waals surface area contributed by atoms with Gasteiger partial charge in [0.2, 0.25) is 0 Å². The molecule has 220 valence electrons. The number of carbonyl (C=O) groups excluding carboxylic acids is 3. The van der Waals surface area contributed by atoms with E-state index in [1.54, 1.807) is 9.80 Å². The first-order valence-corrected chi connectivity index (χ1v) is 14.8. The summed E-state index contributed by atoms with van der Waals surface area (Å²) in [5.41, 5.74) is 2.00. The van der Waals surface area contributed by atoms with Gasteiger partial charge in [-0.25, -0.2) is 9.59 Å². The van der Waals surface area contributed by atoms with Gasteiger partial charge < -0.3 is 29.2 Å². The molecule has 1 unspecified atom stereocenters. The van der Waals surface area contributed by atoms with Crippen LogP contribution in [-0.2, 0) is 27.5 Å². The van der Waals surface area contributed by atoms with Gasteiger partial charge in [0, 0.05) is 40.6 Å². The quantitative estimate of drug-likeness (QED) is 0.329. The summed E-state index contributed by atoms with van der Waals surface area (Å²) in [5.74, 6) is 0.971. The number of piperidine rings is 2. The lowest BCUT2D eigenvalue weighted by Crippen LogP contribution is -2.38. The molecular weight excluding hydrogens is 527 g/mol. The van der Waals surface area contributed by atoms with Crippen LogP contribution in [0.4, 0.5) is 9.59 Å². The third-order valence-corrected chi connectivity index (χ3v) is 7.12. The predicted octanol–water partition coefficient (Wildman–Crippen LogP) is 5.53. The summed E-state index contributed by atoms with van der Waals surface area (Å²) in [6, 6.07) is 19.4. The highest BCUT2D eigenvalue weighted by Gasteiger charge is 2.24. The first-order valence-electron chi connectivity index (χ1n) is 14.7. The topological polar surface area (TPSA) is 96.4 Å². The third kappa shape index (κ3) is 12.5. The van der Waals surface area contributed by atoms with Gasteiger partial charge in [0.25, 0.3) is 0 Å². The van der Waals surface area contributed by atoms with Crippen molar-refractivity contribution < 1.29 is 30.3 Å². The molecule has 2 aliphatic rings. The number of nitrogens with zero attached hydrogens (tertiary/aromatic N) is 2. The highest BCUT2D eigenvalue weighted by molar-refractivity contribution is 7.15. The van der Waals surface area contributed by atoms with Crippen LogP contribution in [0.2, 0.25) is 0 Å². The number of hydrogen-bond donors (Lipinski definition) is 1. The number of carbonyl (C=O) groups is 3. The number of aldehydes is 1. The summed E-state index contributed by atoms with van der Waals surface area (Å²) in [6.07, 6.45) is 5.62. The fourth-order valence-corrected chi connectivity index (χ4v) is 4.70. The summed E-state index contributed by atoms with van der Waals surface area (Å²) in [6.45, 7) is 4.14. The van der Waals surface area contributed by atoms with Crippen LogP contribution in [0.15, 0.2) is 60.7 Å². The van der Waals surface area contributed by atoms with E-state index in [0.29, 0.717) is 51.2 Å². The summed E-state index contributed by atoms with van der Waals surface area (Å²) < 4.78 is 16.8. The second kappa shape index (κ2) is 20.0. The maximum atomic E-state index is 11.9. The van der Waals surface area contributed by atoms with E-state index >= 15 is 0 Å². The standard InChI is InChI=1S/C15H21NO3.C15H19NO3.CH5P/c2*17-11-8-13-6-9-16(10-7-13)15(18)19-12-14-4-2-1-3-5-14;1-2/h1-5,13,17H,6-12H2;1-5,11,13H,6-10,12H2;2H2,1H3/i;;1D. The Morgan fingerprint density at radius 2 is 1.25 bits per heavy atom. The molecule has 0 aliphatic carbocycles. The Morgan fingerprint density at radius 1 is 0.850 bits per heavy atom. The average Bonchev–Trinajstić information content (AvgIpc) is 3.01. The van der Waals surface area contributed by atoms with Crippen molar-refractivity contribution in [1.82, 2.24) is 9.80 Å². The van der Waals surface area contributed by atoms with Crippen molar-refractivity contribution >= 4 is 27.7 Å². The molecule has 2 saturated heterocycles. The van der Waals surface area contributed by atoms with Crippen LogP contribution in [0, 0.1) is 11.8 Å². The van der Waals surface area contributed by atoms with Gasteiger partial charge in [0.15, 0.2) is 0 Å².